The van der Waals surface area contributed by atoms with Crippen LogP contribution in [0.2, 0.25) is 0 Å². The topological polar surface area (TPSA) is 72.5 Å². The van der Waals surface area contributed by atoms with Crippen LogP contribution in [0.1, 0.15) is 0 Å². The van der Waals surface area contributed by atoms with Crippen molar-refractivity contribution in [3.8, 4) is 11.1 Å². The SMILES string of the molecule is CN1CC2CN(c3ccc(-c4cc[nH]c4)cn3)CC2C1.O=C(O)C(F)(F)F. The molecule has 2 aliphatic rings. The lowest BCUT2D eigenvalue weighted by Crippen LogP contribution is -2.27. The third-order valence-corrected chi connectivity index (χ3v) is 4.91. The number of aromatic nitrogens is 2. The molecule has 2 fully saturated rings. The van der Waals surface area contributed by atoms with Gasteiger partial charge in [-0.25, -0.2) is 9.78 Å². The van der Waals surface area contributed by atoms with E-state index in [2.05, 4.69) is 45.0 Å². The summed E-state index contributed by atoms with van der Waals surface area (Å²) < 4.78 is 31.7. The number of pyridine rings is 1. The first-order valence-electron chi connectivity index (χ1n) is 8.57. The predicted molar refractivity (Wildman–Crippen MR) is 94.4 cm³/mol. The Kier molecular flexibility index (Phi) is 5.41. The number of anilines is 1. The molecule has 0 saturated carbocycles. The van der Waals surface area contributed by atoms with Crippen LogP contribution in [0, 0.1) is 11.8 Å². The maximum absolute atomic E-state index is 10.6. The highest BCUT2D eigenvalue weighted by molar-refractivity contribution is 5.73. The van der Waals surface area contributed by atoms with Crippen LogP contribution in [0.3, 0.4) is 0 Å². The second-order valence-corrected chi connectivity index (χ2v) is 6.95. The van der Waals surface area contributed by atoms with Crippen LogP contribution in [-0.4, -0.2) is 65.3 Å². The molecule has 0 radical (unpaired) electrons. The molecule has 9 heteroatoms. The van der Waals surface area contributed by atoms with E-state index in [9.17, 15) is 13.2 Å². The number of nitrogens with zero attached hydrogens (tertiary/aromatic N) is 3. The number of nitrogens with one attached hydrogen (secondary N) is 1. The molecular weight excluding hydrogens is 361 g/mol. The minimum Gasteiger partial charge on any atom is -0.475 e. The van der Waals surface area contributed by atoms with E-state index in [0.717, 1.165) is 30.7 Å². The Morgan fingerprint density at radius 1 is 1.15 bits per heavy atom. The highest BCUT2D eigenvalue weighted by Gasteiger charge is 2.39. The van der Waals surface area contributed by atoms with E-state index >= 15 is 0 Å². The van der Waals surface area contributed by atoms with Crippen molar-refractivity contribution >= 4 is 11.8 Å². The van der Waals surface area contributed by atoms with Crippen LogP contribution < -0.4 is 4.90 Å². The van der Waals surface area contributed by atoms with Crippen molar-refractivity contribution in [3.63, 3.8) is 0 Å². The van der Waals surface area contributed by atoms with Gasteiger partial charge in [-0.3, -0.25) is 0 Å². The first kappa shape index (κ1) is 19.2. The number of halogens is 3. The lowest BCUT2D eigenvalue weighted by atomic mass is 10.0. The number of carboxylic acids is 1. The van der Waals surface area contributed by atoms with Gasteiger partial charge in [0, 0.05) is 55.9 Å². The highest BCUT2D eigenvalue weighted by Crippen LogP contribution is 2.33. The molecule has 2 aliphatic heterocycles. The predicted octanol–water partition coefficient (Wildman–Crippen LogP) is 2.71. The van der Waals surface area contributed by atoms with Crippen molar-refractivity contribution in [2.24, 2.45) is 11.8 Å². The standard InChI is InChI=1S/C16H20N4.C2HF3O2/c1-19-8-14-10-20(11-15(14)9-19)16-3-2-12(7-18-16)13-4-5-17-6-13;3-2(4,5)1(6)7/h2-7,14-15,17H,8-11H2,1H3;(H,6,7). The van der Waals surface area contributed by atoms with Gasteiger partial charge in [-0.2, -0.15) is 13.2 Å². The fourth-order valence-electron chi connectivity index (χ4n) is 3.66. The smallest absolute Gasteiger partial charge is 0.475 e. The summed E-state index contributed by atoms with van der Waals surface area (Å²) in [5, 5.41) is 7.12. The zero-order chi connectivity index (χ0) is 19.6. The lowest BCUT2D eigenvalue weighted by molar-refractivity contribution is -0.192. The molecule has 2 atom stereocenters. The van der Waals surface area contributed by atoms with Crippen LogP contribution >= 0.6 is 0 Å². The molecule has 2 unspecified atom stereocenters. The summed E-state index contributed by atoms with van der Waals surface area (Å²) in [7, 11) is 2.23. The third kappa shape index (κ3) is 4.60. The normalized spacial score (nSPS) is 22.3. The fourth-order valence-corrected chi connectivity index (χ4v) is 3.66. The number of carboxylic acid groups (broad SMARTS) is 1. The monoisotopic (exact) mass is 382 g/mol. The van der Waals surface area contributed by atoms with E-state index < -0.39 is 12.1 Å². The van der Waals surface area contributed by atoms with Gasteiger partial charge in [0.25, 0.3) is 0 Å². The lowest BCUT2D eigenvalue weighted by Gasteiger charge is -2.20. The molecule has 2 aromatic heterocycles. The number of likely N-dealkylation sites (tertiary alicyclic amines) is 1. The number of aromatic amines is 1. The number of H-pyrrole nitrogens is 1. The van der Waals surface area contributed by atoms with Gasteiger partial charge < -0.3 is 19.9 Å². The van der Waals surface area contributed by atoms with E-state index in [4.69, 9.17) is 9.90 Å². The summed E-state index contributed by atoms with van der Waals surface area (Å²) in [5.74, 6) is 0.0196. The molecule has 0 spiro atoms. The van der Waals surface area contributed by atoms with Gasteiger partial charge in [0.2, 0.25) is 0 Å². The Labute approximate surface area is 154 Å². The average molecular weight is 382 g/mol. The Bertz CT molecular complexity index is 748. The minimum absolute atomic E-state index is 0.825. The van der Waals surface area contributed by atoms with E-state index in [-0.39, 0.29) is 0 Å². The Balaban J connectivity index is 0.000000260. The molecule has 0 amide bonds. The van der Waals surface area contributed by atoms with Crippen molar-refractivity contribution < 1.29 is 23.1 Å². The summed E-state index contributed by atoms with van der Waals surface area (Å²) in [5.41, 5.74) is 2.37. The Morgan fingerprint density at radius 3 is 2.22 bits per heavy atom. The summed E-state index contributed by atoms with van der Waals surface area (Å²) in [6.45, 7) is 4.79. The summed E-state index contributed by atoms with van der Waals surface area (Å²) >= 11 is 0. The first-order chi connectivity index (χ1) is 12.7. The van der Waals surface area contributed by atoms with Gasteiger partial charge in [0.15, 0.2) is 0 Å². The van der Waals surface area contributed by atoms with Crippen LogP contribution in [0.5, 0.6) is 0 Å². The Hall–Kier alpha value is -2.55. The summed E-state index contributed by atoms with van der Waals surface area (Å²) in [6.07, 6.45) is 0.854. The van der Waals surface area contributed by atoms with Gasteiger partial charge in [0.05, 0.1) is 0 Å². The van der Waals surface area contributed by atoms with Crippen molar-refractivity contribution in [3.05, 3.63) is 36.8 Å². The third-order valence-electron chi connectivity index (χ3n) is 4.91. The van der Waals surface area contributed by atoms with Crippen LogP contribution in [0.25, 0.3) is 11.1 Å². The largest absolute Gasteiger partial charge is 0.490 e. The van der Waals surface area contributed by atoms with E-state index in [1.165, 1.54) is 24.2 Å². The maximum atomic E-state index is 10.6. The summed E-state index contributed by atoms with van der Waals surface area (Å²) in [4.78, 5) is 21.5. The van der Waals surface area contributed by atoms with Crippen molar-refractivity contribution in [2.75, 3.05) is 38.1 Å². The molecule has 27 heavy (non-hydrogen) atoms. The first-order valence-corrected chi connectivity index (χ1v) is 8.57. The average Bonchev–Trinajstić information content (AvgIpc) is 3.30. The van der Waals surface area contributed by atoms with Crippen LogP contribution in [0.4, 0.5) is 19.0 Å². The number of carbonyl (C=O) groups is 1. The fraction of sp³-hybridized carbons (Fsp3) is 0.444. The number of aliphatic carboxylic acids is 1. The molecule has 6 nitrogen and oxygen atoms in total. The molecule has 2 saturated heterocycles. The van der Waals surface area contributed by atoms with Gasteiger partial charge in [-0.15, -0.1) is 0 Å². The van der Waals surface area contributed by atoms with Gasteiger partial charge >= 0.3 is 12.1 Å². The number of rotatable bonds is 2. The summed E-state index contributed by atoms with van der Waals surface area (Å²) in [6, 6.07) is 6.41. The van der Waals surface area contributed by atoms with Gasteiger partial charge in [-0.05, 0) is 37.1 Å². The number of alkyl halides is 3. The van der Waals surface area contributed by atoms with Crippen molar-refractivity contribution in [1.29, 1.82) is 0 Å². The number of hydrogen-bond donors (Lipinski definition) is 2. The maximum Gasteiger partial charge on any atom is 0.490 e. The molecule has 0 aromatic carbocycles. The molecule has 146 valence electrons. The zero-order valence-corrected chi connectivity index (χ0v) is 14.8. The second-order valence-electron chi connectivity index (χ2n) is 6.95. The molecule has 4 rings (SSSR count). The molecule has 0 bridgehead atoms. The minimum atomic E-state index is -5.08. The van der Waals surface area contributed by atoms with E-state index in [1.54, 1.807) is 0 Å². The molecule has 0 aliphatic carbocycles. The van der Waals surface area contributed by atoms with E-state index in [1.807, 2.05) is 18.6 Å². The van der Waals surface area contributed by atoms with Crippen LogP contribution in [-0.2, 0) is 4.79 Å². The number of hydrogen-bond acceptors (Lipinski definition) is 4. The highest BCUT2D eigenvalue weighted by atomic mass is 19.4. The van der Waals surface area contributed by atoms with E-state index in [0.29, 0.717) is 0 Å². The van der Waals surface area contributed by atoms with Gasteiger partial charge in [-0.1, -0.05) is 0 Å². The van der Waals surface area contributed by atoms with Crippen molar-refractivity contribution in [1.82, 2.24) is 14.9 Å². The Morgan fingerprint density at radius 2 is 1.78 bits per heavy atom. The second kappa shape index (κ2) is 7.59. The quantitative estimate of drug-likeness (QED) is 0.836. The molecule has 2 aromatic rings. The number of fused-ring (bicyclic) bond motifs is 1. The van der Waals surface area contributed by atoms with Crippen LogP contribution in [0.15, 0.2) is 36.8 Å². The van der Waals surface area contributed by atoms with Gasteiger partial charge in [0.1, 0.15) is 5.82 Å². The molecule has 2 N–H and O–H groups in total. The zero-order valence-electron chi connectivity index (χ0n) is 14.8. The van der Waals surface area contributed by atoms with Crippen molar-refractivity contribution in [2.45, 2.75) is 6.18 Å². The molecular formula is C18H21F3N4O2. The molecule has 4 heterocycles.